The van der Waals surface area contributed by atoms with Crippen molar-refractivity contribution in [2.24, 2.45) is 0 Å². The minimum atomic E-state index is -1.03. The number of alkyl carbamates (subject to hydrolysis) is 1. The number of carbonyl (C=O) groups excluding carboxylic acids is 1. The zero-order chi connectivity index (χ0) is 20.7. The van der Waals surface area contributed by atoms with Crippen LogP contribution in [-0.2, 0) is 10.3 Å². The Hall–Kier alpha value is -3.18. The third-order valence-corrected chi connectivity index (χ3v) is 6.22. The smallest absolute Gasteiger partial charge is 0.407 e. The van der Waals surface area contributed by atoms with Gasteiger partial charge < -0.3 is 15.2 Å². The number of nitrogens with one attached hydrogen (secondary N) is 1. The van der Waals surface area contributed by atoms with Gasteiger partial charge in [0.05, 0.1) is 5.60 Å². The summed E-state index contributed by atoms with van der Waals surface area (Å²) in [6, 6.07) is 22.1. The van der Waals surface area contributed by atoms with Crippen molar-refractivity contribution < 1.29 is 19.0 Å². The highest BCUT2D eigenvalue weighted by Crippen LogP contribution is 2.45. The molecule has 4 nitrogen and oxygen atoms in total. The molecule has 0 heterocycles. The summed E-state index contributed by atoms with van der Waals surface area (Å²) in [5.74, 6) is -0.323. The van der Waals surface area contributed by atoms with Crippen molar-refractivity contribution in [3.8, 4) is 11.1 Å². The lowest BCUT2D eigenvalue weighted by Gasteiger charge is -2.44. The maximum atomic E-state index is 13.1. The van der Waals surface area contributed by atoms with Crippen LogP contribution >= 0.6 is 0 Å². The minimum Gasteiger partial charge on any atom is -0.449 e. The predicted molar refractivity (Wildman–Crippen MR) is 112 cm³/mol. The fraction of sp³-hybridized carbons (Fsp3) is 0.240. The molecule has 0 radical (unpaired) electrons. The molecular formula is C25H22FNO3. The van der Waals surface area contributed by atoms with E-state index < -0.39 is 11.7 Å². The Morgan fingerprint density at radius 3 is 2.13 bits per heavy atom. The van der Waals surface area contributed by atoms with E-state index >= 15 is 0 Å². The summed E-state index contributed by atoms with van der Waals surface area (Å²) >= 11 is 0. The number of rotatable bonds is 4. The average molecular weight is 403 g/mol. The van der Waals surface area contributed by atoms with Crippen LogP contribution in [0.15, 0.2) is 72.8 Å². The van der Waals surface area contributed by atoms with Crippen molar-refractivity contribution >= 4 is 6.09 Å². The molecule has 2 aliphatic rings. The van der Waals surface area contributed by atoms with Crippen LogP contribution in [0, 0.1) is 5.82 Å². The summed E-state index contributed by atoms with van der Waals surface area (Å²) < 4.78 is 18.6. The molecule has 0 bridgehead atoms. The summed E-state index contributed by atoms with van der Waals surface area (Å²) in [5.41, 5.74) is 4.33. The Morgan fingerprint density at radius 1 is 0.967 bits per heavy atom. The topological polar surface area (TPSA) is 58.6 Å². The van der Waals surface area contributed by atoms with E-state index in [2.05, 4.69) is 29.6 Å². The van der Waals surface area contributed by atoms with Crippen LogP contribution in [0.2, 0.25) is 0 Å². The zero-order valence-electron chi connectivity index (χ0n) is 16.3. The molecule has 1 fully saturated rings. The first-order chi connectivity index (χ1) is 14.5. The van der Waals surface area contributed by atoms with E-state index in [0.29, 0.717) is 18.4 Å². The second-order valence-corrected chi connectivity index (χ2v) is 8.11. The van der Waals surface area contributed by atoms with Crippen molar-refractivity contribution in [3.63, 3.8) is 0 Å². The maximum absolute atomic E-state index is 13.1. The van der Waals surface area contributed by atoms with E-state index in [1.807, 2.05) is 24.3 Å². The van der Waals surface area contributed by atoms with Crippen molar-refractivity contribution in [2.75, 3.05) is 6.61 Å². The Bertz CT molecular complexity index is 1040. The first kappa shape index (κ1) is 18.8. The van der Waals surface area contributed by atoms with Crippen molar-refractivity contribution in [1.82, 2.24) is 5.32 Å². The maximum Gasteiger partial charge on any atom is 0.407 e. The normalized spacial score (nSPS) is 22.0. The number of hydrogen-bond acceptors (Lipinski definition) is 3. The number of benzene rings is 3. The van der Waals surface area contributed by atoms with Gasteiger partial charge in [0, 0.05) is 24.8 Å². The van der Waals surface area contributed by atoms with Crippen LogP contribution in [0.4, 0.5) is 9.18 Å². The number of hydrogen-bond donors (Lipinski definition) is 2. The fourth-order valence-corrected chi connectivity index (χ4v) is 4.66. The lowest BCUT2D eigenvalue weighted by Crippen LogP contribution is -2.53. The number of halogens is 1. The van der Waals surface area contributed by atoms with Gasteiger partial charge in [-0.1, -0.05) is 60.7 Å². The van der Waals surface area contributed by atoms with Gasteiger partial charge in [-0.2, -0.15) is 0 Å². The third kappa shape index (κ3) is 3.25. The molecule has 5 rings (SSSR count). The van der Waals surface area contributed by atoms with Gasteiger partial charge >= 0.3 is 6.09 Å². The van der Waals surface area contributed by atoms with Gasteiger partial charge in [0.25, 0.3) is 0 Å². The minimum absolute atomic E-state index is 0.0145. The first-order valence-corrected chi connectivity index (χ1v) is 10.1. The number of aliphatic hydroxyl groups is 1. The van der Waals surface area contributed by atoms with Gasteiger partial charge in [-0.3, -0.25) is 0 Å². The predicted octanol–water partition coefficient (Wildman–Crippen LogP) is 4.71. The molecular weight excluding hydrogens is 381 g/mol. The second kappa shape index (κ2) is 7.26. The Labute approximate surface area is 174 Å². The van der Waals surface area contributed by atoms with Crippen LogP contribution in [0.5, 0.6) is 0 Å². The van der Waals surface area contributed by atoms with Gasteiger partial charge in [0.1, 0.15) is 12.4 Å². The zero-order valence-corrected chi connectivity index (χ0v) is 16.3. The molecule has 0 saturated heterocycles. The molecule has 1 saturated carbocycles. The summed E-state index contributed by atoms with van der Waals surface area (Å²) in [6.07, 6.45) is 0.272. The van der Waals surface area contributed by atoms with Gasteiger partial charge in [-0.15, -0.1) is 0 Å². The first-order valence-electron chi connectivity index (χ1n) is 10.1. The van der Waals surface area contributed by atoms with Gasteiger partial charge in [0.2, 0.25) is 0 Å². The lowest BCUT2D eigenvalue weighted by atomic mass is 9.71. The Kier molecular flexibility index (Phi) is 4.55. The van der Waals surface area contributed by atoms with E-state index in [-0.39, 0.29) is 24.4 Å². The van der Waals surface area contributed by atoms with Crippen LogP contribution < -0.4 is 5.32 Å². The molecule has 0 atom stereocenters. The highest BCUT2D eigenvalue weighted by atomic mass is 19.1. The quantitative estimate of drug-likeness (QED) is 0.663. The van der Waals surface area contributed by atoms with Crippen molar-refractivity contribution in [2.45, 2.75) is 30.4 Å². The molecule has 3 aromatic rings. The van der Waals surface area contributed by atoms with Gasteiger partial charge in [-0.25, -0.2) is 9.18 Å². The summed E-state index contributed by atoms with van der Waals surface area (Å²) in [5, 5.41) is 13.5. The molecule has 3 aromatic carbocycles. The molecule has 152 valence electrons. The van der Waals surface area contributed by atoms with Crippen LogP contribution in [0.3, 0.4) is 0 Å². The van der Waals surface area contributed by atoms with Crippen LogP contribution in [-0.4, -0.2) is 23.8 Å². The molecule has 5 heteroatoms. The van der Waals surface area contributed by atoms with Crippen LogP contribution in [0.1, 0.15) is 35.4 Å². The van der Waals surface area contributed by atoms with E-state index in [9.17, 15) is 14.3 Å². The molecule has 0 unspecified atom stereocenters. The highest BCUT2D eigenvalue weighted by Gasteiger charge is 2.45. The number of ether oxygens (including phenoxy) is 1. The number of carbonyl (C=O) groups is 1. The molecule has 1 amide bonds. The van der Waals surface area contributed by atoms with Crippen LogP contribution in [0.25, 0.3) is 11.1 Å². The fourth-order valence-electron chi connectivity index (χ4n) is 4.66. The lowest BCUT2D eigenvalue weighted by molar-refractivity contribution is -0.0607. The molecule has 30 heavy (non-hydrogen) atoms. The van der Waals surface area contributed by atoms with E-state index in [1.165, 1.54) is 34.4 Å². The second-order valence-electron chi connectivity index (χ2n) is 8.11. The van der Waals surface area contributed by atoms with E-state index in [4.69, 9.17) is 4.74 Å². The summed E-state index contributed by atoms with van der Waals surface area (Å²) in [7, 11) is 0. The standard InChI is InChI=1S/C25H22FNO3/c26-17-11-9-16(10-12-17)25(29)13-18(14-25)27-24(28)30-15-23-21-7-3-1-5-19(21)20-6-2-4-8-22(20)23/h1-12,18,23,29H,13-15H2,(H,27,28). The number of amides is 1. The molecule has 0 aromatic heterocycles. The molecule has 0 aliphatic heterocycles. The summed E-state index contributed by atoms with van der Waals surface area (Å²) in [6.45, 7) is 0.259. The SMILES string of the molecule is O=C(NC1CC(O)(c2ccc(F)cc2)C1)OCC1c2ccccc2-c2ccccc21. The Morgan fingerprint density at radius 2 is 1.53 bits per heavy atom. The van der Waals surface area contributed by atoms with Gasteiger partial charge in [0.15, 0.2) is 0 Å². The molecule has 0 spiro atoms. The monoisotopic (exact) mass is 403 g/mol. The summed E-state index contributed by atoms with van der Waals surface area (Å²) in [4.78, 5) is 12.4. The number of fused-ring (bicyclic) bond motifs is 3. The van der Waals surface area contributed by atoms with Gasteiger partial charge in [-0.05, 0) is 39.9 Å². The molecule has 2 N–H and O–H groups in total. The van der Waals surface area contributed by atoms with Crippen molar-refractivity contribution in [1.29, 1.82) is 0 Å². The average Bonchev–Trinajstić information content (AvgIpc) is 3.05. The van der Waals surface area contributed by atoms with E-state index in [1.54, 1.807) is 12.1 Å². The third-order valence-electron chi connectivity index (χ3n) is 6.22. The van der Waals surface area contributed by atoms with E-state index in [0.717, 1.165) is 0 Å². The largest absolute Gasteiger partial charge is 0.449 e. The Balaban J connectivity index is 1.19. The molecule has 2 aliphatic carbocycles. The van der Waals surface area contributed by atoms with Crippen molar-refractivity contribution in [3.05, 3.63) is 95.3 Å². The highest BCUT2D eigenvalue weighted by molar-refractivity contribution is 5.79.